The summed E-state index contributed by atoms with van der Waals surface area (Å²) in [5.74, 6) is -0.723. The molecule has 2 N–H and O–H groups in total. The summed E-state index contributed by atoms with van der Waals surface area (Å²) >= 11 is 0. The molecule has 0 saturated heterocycles. The predicted octanol–water partition coefficient (Wildman–Crippen LogP) is 0.837. The van der Waals surface area contributed by atoms with Crippen molar-refractivity contribution in [3.8, 4) is 0 Å². The molecule has 1 atom stereocenters. The third kappa shape index (κ3) is 5.87. The number of aliphatic hydroxyl groups excluding tert-OH is 1. The van der Waals surface area contributed by atoms with E-state index in [-0.39, 0.29) is 19.6 Å². The van der Waals surface area contributed by atoms with Crippen LogP contribution in [0, 0.1) is 0 Å². The van der Waals surface area contributed by atoms with Crippen molar-refractivity contribution < 1.29 is 24.2 Å². The smallest absolute Gasteiger partial charge is 0.407 e. The number of hydrogen-bond donors (Lipinski definition) is 2. The molecule has 0 aliphatic heterocycles. The number of methoxy groups -OCH3 is 1. The quantitative estimate of drug-likeness (QED) is 0.746. The van der Waals surface area contributed by atoms with Crippen LogP contribution in [0.4, 0.5) is 4.79 Å². The average molecular weight is 267 g/mol. The molecule has 0 radical (unpaired) electrons. The Hall–Kier alpha value is -2.08. The third-order valence-corrected chi connectivity index (χ3v) is 2.37. The summed E-state index contributed by atoms with van der Waals surface area (Å²) in [5.41, 5.74) is 0.882. The summed E-state index contributed by atoms with van der Waals surface area (Å²) in [6.45, 7) is 0.302. The van der Waals surface area contributed by atoms with E-state index in [4.69, 9.17) is 4.74 Å². The topological polar surface area (TPSA) is 84.9 Å². The van der Waals surface area contributed by atoms with Crippen LogP contribution < -0.4 is 5.32 Å². The summed E-state index contributed by atoms with van der Waals surface area (Å²) in [5, 5.41) is 11.7. The van der Waals surface area contributed by atoms with Gasteiger partial charge in [0, 0.05) is 13.0 Å². The normalized spacial score (nSPS) is 11.5. The fourth-order valence-corrected chi connectivity index (χ4v) is 1.34. The van der Waals surface area contributed by atoms with Gasteiger partial charge in [0.15, 0.2) is 6.10 Å². The van der Waals surface area contributed by atoms with Crippen LogP contribution in [0.3, 0.4) is 0 Å². The highest BCUT2D eigenvalue weighted by atomic mass is 16.5. The van der Waals surface area contributed by atoms with E-state index in [2.05, 4.69) is 10.1 Å². The molecule has 104 valence electrons. The van der Waals surface area contributed by atoms with Gasteiger partial charge < -0.3 is 19.9 Å². The first kappa shape index (κ1) is 15.0. The first-order chi connectivity index (χ1) is 9.13. The minimum atomic E-state index is -1.24. The Bertz CT molecular complexity index is 407. The van der Waals surface area contributed by atoms with Gasteiger partial charge in [-0.15, -0.1) is 0 Å². The number of hydrogen-bond acceptors (Lipinski definition) is 5. The van der Waals surface area contributed by atoms with Gasteiger partial charge in [0.1, 0.15) is 6.61 Å². The number of aliphatic hydroxyl groups is 1. The predicted molar refractivity (Wildman–Crippen MR) is 67.3 cm³/mol. The maximum atomic E-state index is 11.3. The molecular weight excluding hydrogens is 250 g/mol. The lowest BCUT2D eigenvalue weighted by Crippen LogP contribution is -2.31. The summed E-state index contributed by atoms with van der Waals surface area (Å²) in [6.07, 6.45) is -1.76. The molecule has 1 aromatic rings. The van der Waals surface area contributed by atoms with Crippen molar-refractivity contribution in [3.63, 3.8) is 0 Å². The summed E-state index contributed by atoms with van der Waals surface area (Å²) in [4.78, 5) is 22.2. The molecule has 0 fully saturated rings. The van der Waals surface area contributed by atoms with E-state index in [1.165, 1.54) is 7.11 Å². The largest absolute Gasteiger partial charge is 0.467 e. The summed E-state index contributed by atoms with van der Waals surface area (Å²) < 4.78 is 9.29. The van der Waals surface area contributed by atoms with Gasteiger partial charge in [0.05, 0.1) is 7.11 Å². The Labute approximate surface area is 111 Å². The van der Waals surface area contributed by atoms with Crippen molar-refractivity contribution in [1.82, 2.24) is 5.32 Å². The standard InChI is InChI=1S/C13H17NO5/c1-18-12(16)11(15)7-8-14-13(17)19-9-10-5-3-2-4-6-10/h2-6,11,15H,7-9H2,1H3,(H,14,17)/t11-/m0/s1. The molecule has 0 bridgehead atoms. The Balaban J connectivity index is 2.16. The molecule has 0 unspecified atom stereocenters. The zero-order valence-electron chi connectivity index (χ0n) is 10.7. The molecule has 6 nitrogen and oxygen atoms in total. The van der Waals surface area contributed by atoms with Crippen LogP contribution in [0.1, 0.15) is 12.0 Å². The molecule has 0 saturated carbocycles. The number of rotatable bonds is 6. The zero-order valence-corrected chi connectivity index (χ0v) is 10.7. The Morgan fingerprint density at radius 2 is 2.00 bits per heavy atom. The van der Waals surface area contributed by atoms with Gasteiger partial charge in [0.25, 0.3) is 0 Å². The minimum Gasteiger partial charge on any atom is -0.467 e. The third-order valence-electron chi connectivity index (χ3n) is 2.37. The highest BCUT2D eigenvalue weighted by Gasteiger charge is 2.15. The van der Waals surface area contributed by atoms with Crippen molar-refractivity contribution in [2.45, 2.75) is 19.1 Å². The van der Waals surface area contributed by atoms with E-state index in [0.29, 0.717) is 0 Å². The number of nitrogens with one attached hydrogen (secondary N) is 1. The Morgan fingerprint density at radius 1 is 1.32 bits per heavy atom. The number of benzene rings is 1. The average Bonchev–Trinajstić information content (AvgIpc) is 2.45. The lowest BCUT2D eigenvalue weighted by molar-refractivity contribution is -0.150. The number of carbonyl (C=O) groups is 2. The van der Waals surface area contributed by atoms with Crippen LogP contribution in [0.2, 0.25) is 0 Å². The Morgan fingerprint density at radius 3 is 2.63 bits per heavy atom. The van der Waals surface area contributed by atoms with Gasteiger partial charge in [-0.25, -0.2) is 9.59 Å². The van der Waals surface area contributed by atoms with Crippen LogP contribution >= 0.6 is 0 Å². The second-order valence-electron chi connectivity index (χ2n) is 3.82. The van der Waals surface area contributed by atoms with Crippen molar-refractivity contribution in [1.29, 1.82) is 0 Å². The van der Waals surface area contributed by atoms with E-state index in [0.717, 1.165) is 5.56 Å². The fraction of sp³-hybridized carbons (Fsp3) is 0.385. The number of alkyl carbamates (subject to hydrolysis) is 1. The molecule has 19 heavy (non-hydrogen) atoms. The summed E-state index contributed by atoms with van der Waals surface area (Å²) in [6, 6.07) is 9.26. The second-order valence-corrected chi connectivity index (χ2v) is 3.82. The van der Waals surface area contributed by atoms with Crippen LogP contribution in [-0.2, 0) is 20.9 Å². The molecular formula is C13H17NO5. The maximum absolute atomic E-state index is 11.3. The van der Waals surface area contributed by atoms with Crippen LogP contribution in [0.25, 0.3) is 0 Å². The van der Waals surface area contributed by atoms with Gasteiger partial charge in [-0.3, -0.25) is 0 Å². The van der Waals surface area contributed by atoms with E-state index < -0.39 is 18.2 Å². The van der Waals surface area contributed by atoms with Crippen molar-refractivity contribution in [3.05, 3.63) is 35.9 Å². The van der Waals surface area contributed by atoms with Gasteiger partial charge in [-0.1, -0.05) is 30.3 Å². The molecule has 1 amide bonds. The molecule has 0 aliphatic carbocycles. The molecule has 6 heteroatoms. The van der Waals surface area contributed by atoms with E-state index in [9.17, 15) is 14.7 Å². The molecule has 0 aliphatic rings. The molecule has 0 spiro atoms. The molecule has 1 aromatic carbocycles. The molecule has 1 rings (SSSR count). The number of ether oxygens (including phenoxy) is 2. The van der Waals surface area contributed by atoms with Crippen molar-refractivity contribution >= 4 is 12.1 Å². The van der Waals surface area contributed by atoms with Crippen molar-refractivity contribution in [2.75, 3.05) is 13.7 Å². The number of esters is 1. The molecule has 0 heterocycles. The van der Waals surface area contributed by atoms with E-state index in [1.807, 2.05) is 30.3 Å². The van der Waals surface area contributed by atoms with E-state index in [1.54, 1.807) is 0 Å². The lowest BCUT2D eigenvalue weighted by atomic mass is 10.2. The van der Waals surface area contributed by atoms with Crippen LogP contribution in [-0.4, -0.2) is 36.9 Å². The first-order valence-electron chi connectivity index (χ1n) is 5.84. The van der Waals surface area contributed by atoms with Gasteiger partial charge >= 0.3 is 12.1 Å². The highest BCUT2D eigenvalue weighted by molar-refractivity contribution is 5.74. The van der Waals surface area contributed by atoms with Crippen molar-refractivity contribution in [2.24, 2.45) is 0 Å². The van der Waals surface area contributed by atoms with Gasteiger partial charge in [0.2, 0.25) is 0 Å². The van der Waals surface area contributed by atoms with Crippen LogP contribution in [0.5, 0.6) is 0 Å². The van der Waals surface area contributed by atoms with Gasteiger partial charge in [-0.2, -0.15) is 0 Å². The lowest BCUT2D eigenvalue weighted by Gasteiger charge is -2.09. The summed E-state index contributed by atoms with van der Waals surface area (Å²) in [7, 11) is 1.19. The monoisotopic (exact) mass is 267 g/mol. The SMILES string of the molecule is COC(=O)[C@@H](O)CCNC(=O)OCc1ccccc1. The first-order valence-corrected chi connectivity index (χ1v) is 5.84. The molecule has 0 aromatic heterocycles. The Kier molecular flexibility index (Phi) is 6.38. The fourth-order valence-electron chi connectivity index (χ4n) is 1.34. The highest BCUT2D eigenvalue weighted by Crippen LogP contribution is 2.00. The zero-order chi connectivity index (χ0) is 14.1. The number of carbonyl (C=O) groups excluding carboxylic acids is 2. The second kappa shape index (κ2) is 8.10. The maximum Gasteiger partial charge on any atom is 0.407 e. The van der Waals surface area contributed by atoms with E-state index >= 15 is 0 Å². The minimum absolute atomic E-state index is 0.0765. The van der Waals surface area contributed by atoms with Crippen LogP contribution in [0.15, 0.2) is 30.3 Å². The van der Waals surface area contributed by atoms with Gasteiger partial charge in [-0.05, 0) is 5.56 Å². The number of amides is 1.